The normalized spacial score (nSPS) is 11.0. The maximum atomic E-state index is 12.5. The number of nitrogens with zero attached hydrogens (tertiary/aromatic N) is 3. The number of nitrogens with one attached hydrogen (secondary N) is 1. The minimum atomic E-state index is -0.370. The van der Waals surface area contributed by atoms with Gasteiger partial charge in [-0.05, 0) is 48.7 Å². The van der Waals surface area contributed by atoms with Crippen molar-refractivity contribution in [3.05, 3.63) is 81.3 Å². The molecule has 0 unspecified atom stereocenters. The molecule has 0 fully saturated rings. The van der Waals surface area contributed by atoms with Gasteiger partial charge < -0.3 is 9.72 Å². The van der Waals surface area contributed by atoms with Crippen molar-refractivity contribution in [1.29, 1.82) is 0 Å². The Morgan fingerprint density at radius 2 is 1.93 bits per heavy atom. The van der Waals surface area contributed by atoms with Gasteiger partial charge in [0, 0.05) is 5.75 Å². The van der Waals surface area contributed by atoms with E-state index in [0.717, 1.165) is 22.4 Å². The molecule has 0 aliphatic heterocycles. The standard InChI is InChI=1S/C22H20N4O3S/c1-13-5-4-6-18(14(13)2)26-19-17(11-23-26)20(27)25-22(24-19)30-12-15-7-9-16(10-8-15)21(28)29-3/h4-11H,12H2,1-3H3,(H,24,25,27). The summed E-state index contributed by atoms with van der Waals surface area (Å²) in [5.41, 5.74) is 4.93. The highest BCUT2D eigenvalue weighted by molar-refractivity contribution is 7.98. The summed E-state index contributed by atoms with van der Waals surface area (Å²) in [6, 6.07) is 13.1. The topological polar surface area (TPSA) is 89.9 Å². The number of aromatic nitrogens is 4. The third-order valence-corrected chi connectivity index (χ3v) is 5.92. The summed E-state index contributed by atoms with van der Waals surface area (Å²) in [5.74, 6) is 0.221. The van der Waals surface area contributed by atoms with Crippen LogP contribution >= 0.6 is 11.8 Å². The van der Waals surface area contributed by atoms with Gasteiger partial charge in [-0.25, -0.2) is 14.5 Å². The average molecular weight is 420 g/mol. The number of carbonyl (C=O) groups is 1. The summed E-state index contributed by atoms with van der Waals surface area (Å²) < 4.78 is 6.42. The molecule has 2 aromatic heterocycles. The summed E-state index contributed by atoms with van der Waals surface area (Å²) in [4.78, 5) is 31.6. The number of hydrogen-bond donors (Lipinski definition) is 1. The largest absolute Gasteiger partial charge is 0.465 e. The number of ether oxygens (including phenoxy) is 1. The van der Waals surface area contributed by atoms with Crippen molar-refractivity contribution >= 4 is 28.8 Å². The number of fused-ring (bicyclic) bond motifs is 1. The second kappa shape index (κ2) is 8.16. The molecule has 4 aromatic rings. The first-order valence-corrected chi connectivity index (χ1v) is 10.3. The zero-order valence-corrected chi connectivity index (χ0v) is 17.6. The predicted octanol–water partition coefficient (Wildman–Crippen LogP) is 3.80. The molecule has 0 spiro atoms. The van der Waals surface area contributed by atoms with E-state index >= 15 is 0 Å². The third-order valence-electron chi connectivity index (χ3n) is 4.97. The second-order valence-electron chi connectivity index (χ2n) is 6.86. The maximum Gasteiger partial charge on any atom is 0.337 e. The number of esters is 1. The lowest BCUT2D eigenvalue weighted by atomic mass is 10.1. The lowest BCUT2D eigenvalue weighted by Crippen LogP contribution is -2.10. The van der Waals surface area contributed by atoms with Gasteiger partial charge in [-0.2, -0.15) is 5.10 Å². The number of carbonyl (C=O) groups excluding carboxylic acids is 1. The van der Waals surface area contributed by atoms with Crippen LogP contribution in [0.15, 0.2) is 58.6 Å². The summed E-state index contributed by atoms with van der Waals surface area (Å²) in [7, 11) is 1.35. The van der Waals surface area contributed by atoms with Gasteiger partial charge in [0.25, 0.3) is 5.56 Å². The first-order chi connectivity index (χ1) is 14.5. The minimum absolute atomic E-state index is 0.222. The van der Waals surface area contributed by atoms with Gasteiger partial charge in [0.15, 0.2) is 10.8 Å². The fourth-order valence-electron chi connectivity index (χ4n) is 3.11. The van der Waals surface area contributed by atoms with Crippen molar-refractivity contribution in [3.8, 4) is 5.69 Å². The third kappa shape index (κ3) is 3.73. The molecule has 1 N–H and O–H groups in total. The van der Waals surface area contributed by atoms with Crippen LogP contribution in [0.2, 0.25) is 0 Å². The predicted molar refractivity (Wildman–Crippen MR) is 116 cm³/mol. The van der Waals surface area contributed by atoms with Crippen molar-refractivity contribution in [2.24, 2.45) is 0 Å². The molecule has 0 bridgehead atoms. The molecular formula is C22H20N4O3S. The van der Waals surface area contributed by atoms with E-state index < -0.39 is 0 Å². The zero-order chi connectivity index (χ0) is 21.3. The van der Waals surface area contributed by atoms with Crippen LogP contribution in [-0.2, 0) is 10.5 Å². The number of methoxy groups -OCH3 is 1. The molecule has 0 aliphatic carbocycles. The Balaban J connectivity index is 1.63. The van der Waals surface area contributed by atoms with Crippen LogP contribution in [0.25, 0.3) is 16.7 Å². The molecule has 4 rings (SSSR count). The highest BCUT2D eigenvalue weighted by Crippen LogP contribution is 2.23. The van der Waals surface area contributed by atoms with E-state index in [2.05, 4.69) is 15.1 Å². The Kier molecular flexibility index (Phi) is 5.41. The fourth-order valence-corrected chi connectivity index (χ4v) is 3.93. The quantitative estimate of drug-likeness (QED) is 0.300. The number of aryl methyl sites for hydroxylation is 1. The Hall–Kier alpha value is -3.39. The minimum Gasteiger partial charge on any atom is -0.465 e. The number of H-pyrrole nitrogens is 1. The molecule has 152 valence electrons. The van der Waals surface area contributed by atoms with E-state index in [0.29, 0.717) is 27.5 Å². The first kappa shape index (κ1) is 19.9. The van der Waals surface area contributed by atoms with Crippen molar-refractivity contribution in [2.45, 2.75) is 24.8 Å². The van der Waals surface area contributed by atoms with Crippen molar-refractivity contribution in [3.63, 3.8) is 0 Å². The van der Waals surface area contributed by atoms with Crippen LogP contribution in [0.5, 0.6) is 0 Å². The summed E-state index contributed by atoms with van der Waals surface area (Å²) in [5, 5.41) is 5.36. The molecule has 2 aromatic carbocycles. The van der Waals surface area contributed by atoms with E-state index in [1.165, 1.54) is 18.9 Å². The molecule has 0 saturated heterocycles. The van der Waals surface area contributed by atoms with Gasteiger partial charge in [0.05, 0.1) is 24.6 Å². The van der Waals surface area contributed by atoms with Gasteiger partial charge in [-0.3, -0.25) is 4.79 Å². The number of rotatable bonds is 5. The van der Waals surface area contributed by atoms with Crippen LogP contribution in [0.3, 0.4) is 0 Å². The molecule has 0 amide bonds. The zero-order valence-electron chi connectivity index (χ0n) is 16.8. The van der Waals surface area contributed by atoms with E-state index in [-0.39, 0.29) is 11.5 Å². The smallest absolute Gasteiger partial charge is 0.337 e. The molecule has 30 heavy (non-hydrogen) atoms. The van der Waals surface area contributed by atoms with E-state index in [9.17, 15) is 9.59 Å². The Labute approximate surface area is 177 Å². The van der Waals surface area contributed by atoms with Gasteiger partial charge in [-0.1, -0.05) is 36.0 Å². The van der Waals surface area contributed by atoms with Crippen LogP contribution in [0, 0.1) is 13.8 Å². The lowest BCUT2D eigenvalue weighted by molar-refractivity contribution is 0.0600. The average Bonchev–Trinajstić information content (AvgIpc) is 3.18. The summed E-state index contributed by atoms with van der Waals surface area (Å²) >= 11 is 1.41. The fraction of sp³-hybridized carbons (Fsp3) is 0.182. The van der Waals surface area contributed by atoms with Gasteiger partial charge in [0.1, 0.15) is 5.39 Å². The number of benzene rings is 2. The molecule has 8 heteroatoms. The Morgan fingerprint density at radius 1 is 1.17 bits per heavy atom. The molecule has 0 radical (unpaired) electrons. The molecule has 7 nitrogen and oxygen atoms in total. The first-order valence-electron chi connectivity index (χ1n) is 9.32. The van der Waals surface area contributed by atoms with Crippen molar-refractivity contribution in [2.75, 3.05) is 7.11 Å². The molecule has 0 atom stereocenters. The number of aromatic amines is 1. The summed E-state index contributed by atoms with van der Waals surface area (Å²) in [6.45, 7) is 4.07. The lowest BCUT2D eigenvalue weighted by Gasteiger charge is -2.09. The van der Waals surface area contributed by atoms with E-state index in [4.69, 9.17) is 4.74 Å². The molecule has 2 heterocycles. The van der Waals surface area contributed by atoms with Crippen LogP contribution in [0.1, 0.15) is 27.0 Å². The second-order valence-corrected chi connectivity index (χ2v) is 7.83. The Morgan fingerprint density at radius 3 is 2.67 bits per heavy atom. The highest BCUT2D eigenvalue weighted by atomic mass is 32.2. The van der Waals surface area contributed by atoms with E-state index in [1.54, 1.807) is 23.0 Å². The van der Waals surface area contributed by atoms with Gasteiger partial charge >= 0.3 is 5.97 Å². The van der Waals surface area contributed by atoms with Gasteiger partial charge in [0.2, 0.25) is 0 Å². The maximum absolute atomic E-state index is 12.5. The van der Waals surface area contributed by atoms with Crippen molar-refractivity contribution < 1.29 is 9.53 Å². The molecule has 0 aliphatic rings. The van der Waals surface area contributed by atoms with Crippen LogP contribution < -0.4 is 5.56 Å². The molecular weight excluding hydrogens is 400 g/mol. The number of hydrogen-bond acceptors (Lipinski definition) is 6. The van der Waals surface area contributed by atoms with Crippen molar-refractivity contribution in [1.82, 2.24) is 19.7 Å². The number of thioether (sulfide) groups is 1. The highest BCUT2D eigenvalue weighted by Gasteiger charge is 2.14. The van der Waals surface area contributed by atoms with Crippen LogP contribution in [-0.4, -0.2) is 32.8 Å². The molecule has 0 saturated carbocycles. The SMILES string of the molecule is COC(=O)c1ccc(CSc2nc3c(cnn3-c3cccc(C)c3C)c(=O)[nH]2)cc1. The van der Waals surface area contributed by atoms with Gasteiger partial charge in [-0.15, -0.1) is 0 Å². The monoisotopic (exact) mass is 420 g/mol. The van der Waals surface area contributed by atoms with E-state index in [1.807, 2.05) is 44.2 Å². The summed E-state index contributed by atoms with van der Waals surface area (Å²) in [6.07, 6.45) is 1.54. The van der Waals surface area contributed by atoms with Crippen LogP contribution in [0.4, 0.5) is 0 Å². The Bertz CT molecular complexity index is 1290.